The van der Waals surface area contributed by atoms with Crippen molar-refractivity contribution in [3.63, 3.8) is 0 Å². The van der Waals surface area contributed by atoms with E-state index in [-0.39, 0.29) is 0 Å². The zero-order valence-corrected chi connectivity index (χ0v) is 28.3. The first-order valence-electron chi connectivity index (χ1n) is 16.5. The van der Waals surface area contributed by atoms with Gasteiger partial charge in [-0.1, -0.05) is 60.7 Å². The fourth-order valence-electron chi connectivity index (χ4n) is 6.65. The molecule has 3 aromatic heterocycles. The van der Waals surface area contributed by atoms with Crippen LogP contribution < -0.4 is 4.90 Å². The SMILES string of the molecule is c1ccc2sc(-c3ccc(N(c4ccc(-c5ccc6c(c5)oc5ccccc56)cc4)c4ccc(-c5nc6ccccc6s5)cc4)cc3)nc2c1. The van der Waals surface area contributed by atoms with Crippen molar-refractivity contribution >= 4 is 82.1 Å². The number of thiazole rings is 2. The number of rotatable bonds is 6. The molecule has 4 nitrogen and oxygen atoms in total. The molecular weight excluding hydrogens is 651 g/mol. The molecule has 0 aliphatic carbocycles. The summed E-state index contributed by atoms with van der Waals surface area (Å²) in [5, 5.41) is 4.32. The van der Waals surface area contributed by atoms with Crippen molar-refractivity contribution in [1.82, 2.24) is 9.97 Å². The summed E-state index contributed by atoms with van der Waals surface area (Å²) in [5.74, 6) is 0. The Morgan fingerprint density at radius 3 is 1.42 bits per heavy atom. The number of anilines is 3. The Hall–Kier alpha value is -6.08. The number of para-hydroxylation sites is 3. The molecule has 10 aromatic rings. The summed E-state index contributed by atoms with van der Waals surface area (Å²) in [6, 6.07) is 57.5. The molecule has 0 saturated heterocycles. The van der Waals surface area contributed by atoms with Crippen LogP contribution in [0.3, 0.4) is 0 Å². The molecule has 50 heavy (non-hydrogen) atoms. The third-order valence-electron chi connectivity index (χ3n) is 9.17. The summed E-state index contributed by atoms with van der Waals surface area (Å²) < 4.78 is 8.58. The number of fused-ring (bicyclic) bond motifs is 5. The zero-order chi connectivity index (χ0) is 33.0. The Morgan fingerprint density at radius 2 is 0.860 bits per heavy atom. The molecule has 0 amide bonds. The third kappa shape index (κ3) is 5.05. The molecule has 0 saturated carbocycles. The molecule has 7 aromatic carbocycles. The van der Waals surface area contributed by atoms with Gasteiger partial charge in [-0.2, -0.15) is 0 Å². The van der Waals surface area contributed by atoms with E-state index in [0.717, 1.165) is 82.3 Å². The van der Waals surface area contributed by atoms with Crippen LogP contribution in [-0.4, -0.2) is 9.97 Å². The first kappa shape index (κ1) is 28.9. The maximum absolute atomic E-state index is 6.19. The number of aromatic nitrogens is 2. The maximum Gasteiger partial charge on any atom is 0.136 e. The van der Waals surface area contributed by atoms with Gasteiger partial charge in [0.1, 0.15) is 21.2 Å². The standard InChI is InChI=1S/C44H27N3OS2/c1-4-10-39-35(7-1)36-26-19-31(27-40(36)48-39)28-13-20-32(21-14-28)47(33-22-15-29(16-23-33)43-45-37-8-2-5-11-41(37)49-43)34-24-17-30(18-25-34)44-46-38-9-3-6-12-42(38)50-44/h1-27H. The smallest absolute Gasteiger partial charge is 0.136 e. The van der Waals surface area contributed by atoms with Crippen LogP contribution in [0.4, 0.5) is 17.1 Å². The van der Waals surface area contributed by atoms with Crippen LogP contribution in [0.2, 0.25) is 0 Å². The zero-order valence-electron chi connectivity index (χ0n) is 26.7. The number of hydrogen-bond acceptors (Lipinski definition) is 6. The highest BCUT2D eigenvalue weighted by Gasteiger charge is 2.16. The van der Waals surface area contributed by atoms with E-state index < -0.39 is 0 Å². The number of benzene rings is 7. The lowest BCUT2D eigenvalue weighted by Gasteiger charge is -2.26. The molecular formula is C44H27N3OS2. The average Bonchev–Trinajstić information content (AvgIpc) is 3.91. The largest absolute Gasteiger partial charge is 0.456 e. The van der Waals surface area contributed by atoms with Gasteiger partial charge in [-0.3, -0.25) is 0 Å². The van der Waals surface area contributed by atoms with Crippen LogP contribution in [0.15, 0.2) is 168 Å². The Labute approximate surface area is 296 Å². The first-order valence-corrected chi connectivity index (χ1v) is 18.1. The van der Waals surface area contributed by atoms with Crippen LogP contribution in [-0.2, 0) is 0 Å². The summed E-state index contributed by atoms with van der Waals surface area (Å²) >= 11 is 3.45. The predicted molar refractivity (Wildman–Crippen MR) is 211 cm³/mol. The monoisotopic (exact) mass is 677 g/mol. The Morgan fingerprint density at radius 1 is 0.400 bits per heavy atom. The van der Waals surface area contributed by atoms with Gasteiger partial charge in [0.25, 0.3) is 0 Å². The van der Waals surface area contributed by atoms with Gasteiger partial charge in [0.2, 0.25) is 0 Å². The summed E-state index contributed by atoms with van der Waals surface area (Å²) in [4.78, 5) is 12.1. The minimum Gasteiger partial charge on any atom is -0.456 e. The molecule has 236 valence electrons. The number of hydrogen-bond donors (Lipinski definition) is 0. The van der Waals surface area contributed by atoms with E-state index in [9.17, 15) is 0 Å². The number of nitrogens with zero attached hydrogens (tertiary/aromatic N) is 3. The molecule has 0 bridgehead atoms. The summed E-state index contributed by atoms with van der Waals surface area (Å²) in [6.07, 6.45) is 0. The second-order valence-corrected chi connectivity index (χ2v) is 14.3. The maximum atomic E-state index is 6.19. The fourth-order valence-corrected chi connectivity index (χ4v) is 8.60. The Kier molecular flexibility index (Phi) is 6.82. The van der Waals surface area contributed by atoms with Crippen LogP contribution in [0.1, 0.15) is 0 Å². The van der Waals surface area contributed by atoms with Crippen molar-refractivity contribution < 1.29 is 4.42 Å². The van der Waals surface area contributed by atoms with Gasteiger partial charge in [-0.05, 0) is 114 Å². The minimum absolute atomic E-state index is 0.899. The normalized spacial score (nSPS) is 11.6. The molecule has 0 spiro atoms. The second kappa shape index (κ2) is 11.8. The van der Waals surface area contributed by atoms with Gasteiger partial charge in [-0.15, -0.1) is 22.7 Å². The molecule has 0 radical (unpaired) electrons. The van der Waals surface area contributed by atoms with Gasteiger partial charge < -0.3 is 9.32 Å². The van der Waals surface area contributed by atoms with Crippen molar-refractivity contribution in [2.24, 2.45) is 0 Å². The molecule has 6 heteroatoms. The molecule has 0 fully saturated rings. The molecule has 0 N–H and O–H groups in total. The molecule has 0 aliphatic heterocycles. The Balaban J connectivity index is 1.02. The van der Waals surface area contributed by atoms with E-state index in [1.165, 1.54) is 9.40 Å². The van der Waals surface area contributed by atoms with E-state index in [1.54, 1.807) is 22.7 Å². The average molecular weight is 678 g/mol. The lowest BCUT2D eigenvalue weighted by molar-refractivity contribution is 0.669. The van der Waals surface area contributed by atoms with E-state index in [1.807, 2.05) is 24.3 Å². The van der Waals surface area contributed by atoms with Crippen molar-refractivity contribution in [2.45, 2.75) is 0 Å². The first-order chi connectivity index (χ1) is 24.7. The van der Waals surface area contributed by atoms with Gasteiger partial charge in [0, 0.05) is 39.0 Å². The van der Waals surface area contributed by atoms with Crippen LogP contribution in [0.25, 0.3) is 74.6 Å². The van der Waals surface area contributed by atoms with Crippen LogP contribution >= 0.6 is 22.7 Å². The topological polar surface area (TPSA) is 42.2 Å². The van der Waals surface area contributed by atoms with E-state index >= 15 is 0 Å². The van der Waals surface area contributed by atoms with E-state index in [4.69, 9.17) is 14.4 Å². The Bertz CT molecular complexity index is 2630. The van der Waals surface area contributed by atoms with E-state index in [2.05, 4.69) is 144 Å². The van der Waals surface area contributed by atoms with Gasteiger partial charge >= 0.3 is 0 Å². The summed E-state index contributed by atoms with van der Waals surface area (Å²) in [7, 11) is 0. The quantitative estimate of drug-likeness (QED) is 0.176. The van der Waals surface area contributed by atoms with Crippen molar-refractivity contribution in [3.8, 4) is 32.3 Å². The van der Waals surface area contributed by atoms with Crippen molar-refractivity contribution in [2.75, 3.05) is 4.90 Å². The van der Waals surface area contributed by atoms with Gasteiger partial charge in [0.05, 0.1) is 20.4 Å². The molecule has 0 aliphatic rings. The molecule has 0 atom stereocenters. The van der Waals surface area contributed by atoms with Crippen LogP contribution in [0.5, 0.6) is 0 Å². The minimum atomic E-state index is 0.899. The highest BCUT2D eigenvalue weighted by Crippen LogP contribution is 2.40. The molecule has 3 heterocycles. The highest BCUT2D eigenvalue weighted by atomic mass is 32.1. The summed E-state index contributed by atoms with van der Waals surface area (Å²) in [5.41, 5.74) is 11.6. The number of furan rings is 1. The van der Waals surface area contributed by atoms with Crippen LogP contribution in [0, 0.1) is 0 Å². The molecule has 0 unspecified atom stereocenters. The molecule has 10 rings (SSSR count). The highest BCUT2D eigenvalue weighted by molar-refractivity contribution is 7.22. The lowest BCUT2D eigenvalue weighted by atomic mass is 10.0. The second-order valence-electron chi connectivity index (χ2n) is 12.3. The lowest BCUT2D eigenvalue weighted by Crippen LogP contribution is -2.09. The van der Waals surface area contributed by atoms with Crippen molar-refractivity contribution in [1.29, 1.82) is 0 Å². The third-order valence-corrected chi connectivity index (χ3v) is 11.3. The predicted octanol–water partition coefficient (Wildman–Crippen LogP) is 13.3. The van der Waals surface area contributed by atoms with Crippen molar-refractivity contribution in [3.05, 3.63) is 164 Å². The van der Waals surface area contributed by atoms with Gasteiger partial charge in [0.15, 0.2) is 0 Å². The van der Waals surface area contributed by atoms with Gasteiger partial charge in [-0.25, -0.2) is 9.97 Å². The fraction of sp³-hybridized carbons (Fsp3) is 0. The van der Waals surface area contributed by atoms with E-state index in [0.29, 0.717) is 0 Å². The summed E-state index contributed by atoms with van der Waals surface area (Å²) in [6.45, 7) is 0.